The van der Waals surface area contributed by atoms with E-state index in [0.29, 0.717) is 0 Å². The Bertz CT molecular complexity index is 5170. The molecule has 16 rings (SSSR count). The zero-order valence-electron chi connectivity index (χ0n) is 58.7. The summed E-state index contributed by atoms with van der Waals surface area (Å²) in [6, 6.07) is 111. The highest BCUT2D eigenvalue weighted by atomic mass is 32.2. The normalized spacial score (nSPS) is 13.3. The first-order valence-corrected chi connectivity index (χ1v) is 36.4. The highest BCUT2D eigenvalue weighted by Crippen LogP contribution is 2.59. The zero-order valence-corrected chi connectivity index (χ0v) is 59.5. The van der Waals surface area contributed by atoms with Gasteiger partial charge in [-0.15, -0.1) is 0 Å². The maximum atomic E-state index is 5.93. The quantitative estimate of drug-likeness (QED) is 0.0797. The van der Waals surface area contributed by atoms with Crippen LogP contribution in [0.4, 0.5) is 68.2 Å². The van der Waals surface area contributed by atoms with E-state index >= 15 is 0 Å². The lowest BCUT2D eigenvalue weighted by Crippen LogP contribution is -2.24. The summed E-state index contributed by atoms with van der Waals surface area (Å²) in [5.41, 5.74) is 29.9. The number of ether oxygens (including phenoxy) is 2. The van der Waals surface area contributed by atoms with E-state index in [1.165, 1.54) is 76.6 Å². The number of anilines is 12. The average Bonchev–Trinajstić information content (AvgIpc) is 1.59. The van der Waals surface area contributed by atoms with Crippen molar-refractivity contribution in [3.8, 4) is 33.8 Å². The molecule has 13 aromatic carbocycles. The van der Waals surface area contributed by atoms with E-state index in [-0.39, 0.29) is 10.8 Å². The Balaban J connectivity index is 0.903. The molecule has 2 aliphatic carbocycles. The van der Waals surface area contributed by atoms with Crippen LogP contribution in [0.5, 0.6) is 11.5 Å². The van der Waals surface area contributed by atoms with Crippen LogP contribution >= 0.6 is 11.8 Å². The topological polar surface area (TPSA) is 31.4 Å². The van der Waals surface area contributed by atoms with Gasteiger partial charge in [-0.05, 0) is 288 Å². The molecule has 496 valence electrons. The van der Waals surface area contributed by atoms with Crippen LogP contribution in [0.3, 0.4) is 0 Å². The van der Waals surface area contributed by atoms with Crippen LogP contribution in [-0.4, -0.2) is 14.2 Å². The standard InChI is InChI=1S/C94H82N4O2S/c1-9-93(10-2)87-59-73(95(67-24-15-13-16-25-67)68-26-17-14-18-27-68)43-51-81(87)83-53-45-75(61-89(83)93)97(71-39-47-79(99-7)48-40-71)77-55-66(86-57-65-23-19-21-29-91(65)101-92-30-22-20-28-85(86)92)56-78(58-77)98(72-41-49-80(100-8)50-42-72)76-46-54-84-82-52-44-74(60-88(82)94(11-3,12-4)90(84)62-76)96(69-35-31-63(5)32-36-69)70-37-33-64(6)34-38-70/h13-62H,9-12H2,1-8H3. The van der Waals surface area contributed by atoms with Gasteiger partial charge in [0, 0.05) is 88.9 Å². The van der Waals surface area contributed by atoms with Crippen molar-refractivity contribution in [2.24, 2.45) is 0 Å². The Labute approximate surface area is 600 Å². The second-order valence-corrected chi connectivity index (χ2v) is 28.1. The van der Waals surface area contributed by atoms with Crippen molar-refractivity contribution in [3.63, 3.8) is 0 Å². The van der Waals surface area contributed by atoms with E-state index in [9.17, 15) is 0 Å². The van der Waals surface area contributed by atoms with Gasteiger partial charge in [0.25, 0.3) is 0 Å². The number of rotatable bonds is 19. The number of nitrogens with zero attached hydrogens (tertiary/aromatic N) is 4. The minimum absolute atomic E-state index is 0.290. The molecule has 1 heterocycles. The molecule has 3 aliphatic rings. The molecular formula is C94H82N4O2S. The van der Waals surface area contributed by atoms with Crippen LogP contribution < -0.4 is 29.1 Å². The van der Waals surface area contributed by atoms with Gasteiger partial charge < -0.3 is 29.1 Å². The largest absolute Gasteiger partial charge is 0.497 e. The average molecular weight is 1330 g/mol. The summed E-state index contributed by atoms with van der Waals surface area (Å²) in [5, 5.41) is 0. The van der Waals surface area contributed by atoms with E-state index < -0.39 is 0 Å². The fraction of sp³-hybridized carbons (Fsp3) is 0.149. The van der Waals surface area contributed by atoms with Gasteiger partial charge in [-0.3, -0.25) is 0 Å². The summed E-state index contributed by atoms with van der Waals surface area (Å²) >= 11 is 1.84. The highest BCUT2D eigenvalue weighted by Gasteiger charge is 2.44. The molecule has 101 heavy (non-hydrogen) atoms. The van der Waals surface area contributed by atoms with E-state index in [1.807, 2.05) is 11.8 Å². The third-order valence-electron chi connectivity index (χ3n) is 21.7. The van der Waals surface area contributed by atoms with Gasteiger partial charge in [0.15, 0.2) is 0 Å². The zero-order chi connectivity index (χ0) is 68.9. The van der Waals surface area contributed by atoms with Crippen molar-refractivity contribution in [2.45, 2.75) is 87.8 Å². The maximum absolute atomic E-state index is 5.93. The second-order valence-electron chi connectivity index (χ2n) is 27.0. The molecule has 0 unspecified atom stereocenters. The van der Waals surface area contributed by atoms with Crippen molar-refractivity contribution in [2.75, 3.05) is 33.8 Å². The van der Waals surface area contributed by atoms with Crippen LogP contribution in [0, 0.1) is 13.8 Å². The molecule has 6 nitrogen and oxygen atoms in total. The SMILES string of the molecule is CCC1(CC)c2cc(N(c3ccccc3)c3ccccc3)ccc2-c2ccc(N(c3ccc(OC)cc3)c3cc(C4=Cc5ccccc5Sc5ccccc54)cc(N(c4ccc(OC)cc4)c4ccc5c(c4)C(CC)(CC)c4cc(N(c6ccc(C)cc6)c6ccc(C)cc6)ccc4-5)c3)cc21. The summed E-state index contributed by atoms with van der Waals surface area (Å²) in [6.07, 6.45) is 6.09. The van der Waals surface area contributed by atoms with Crippen LogP contribution in [0.2, 0.25) is 0 Å². The van der Waals surface area contributed by atoms with Gasteiger partial charge in [-0.1, -0.05) is 172 Å². The van der Waals surface area contributed by atoms with Crippen molar-refractivity contribution >= 4 is 91.7 Å². The minimum atomic E-state index is -0.295. The van der Waals surface area contributed by atoms with Crippen LogP contribution in [0.1, 0.15) is 103 Å². The van der Waals surface area contributed by atoms with E-state index in [0.717, 1.165) is 117 Å². The Morgan fingerprint density at radius 3 is 0.980 bits per heavy atom. The Kier molecular flexibility index (Phi) is 17.1. The molecule has 7 heteroatoms. The molecule has 0 atom stereocenters. The maximum Gasteiger partial charge on any atom is 0.119 e. The Morgan fingerprint density at radius 2 is 0.604 bits per heavy atom. The predicted molar refractivity (Wildman–Crippen MR) is 425 cm³/mol. The lowest BCUT2D eigenvalue weighted by Gasteiger charge is -2.34. The van der Waals surface area contributed by atoms with E-state index in [2.05, 4.69) is 364 Å². The van der Waals surface area contributed by atoms with Crippen molar-refractivity contribution < 1.29 is 9.47 Å². The van der Waals surface area contributed by atoms with Gasteiger partial charge in [0.1, 0.15) is 11.5 Å². The van der Waals surface area contributed by atoms with Gasteiger partial charge in [-0.2, -0.15) is 0 Å². The summed E-state index contributed by atoms with van der Waals surface area (Å²) in [6.45, 7) is 13.8. The molecule has 1 aliphatic heterocycles. The summed E-state index contributed by atoms with van der Waals surface area (Å²) in [5.74, 6) is 1.59. The highest BCUT2D eigenvalue weighted by molar-refractivity contribution is 7.99. The van der Waals surface area contributed by atoms with Gasteiger partial charge in [0.05, 0.1) is 14.2 Å². The molecule has 0 spiro atoms. The molecule has 0 aromatic heterocycles. The number of benzene rings is 13. The molecule has 0 N–H and O–H groups in total. The van der Waals surface area contributed by atoms with E-state index in [4.69, 9.17) is 9.47 Å². The first-order valence-electron chi connectivity index (χ1n) is 35.6. The molecular weight excluding hydrogens is 1250 g/mol. The molecule has 0 amide bonds. The molecule has 0 fully saturated rings. The number of hydrogen-bond donors (Lipinski definition) is 0. The van der Waals surface area contributed by atoms with Crippen molar-refractivity contribution in [3.05, 3.63) is 347 Å². The number of hydrogen-bond acceptors (Lipinski definition) is 7. The number of aryl methyl sites for hydroxylation is 2. The van der Waals surface area contributed by atoms with Gasteiger partial charge in [-0.25, -0.2) is 0 Å². The van der Waals surface area contributed by atoms with Crippen molar-refractivity contribution in [1.29, 1.82) is 0 Å². The van der Waals surface area contributed by atoms with Crippen molar-refractivity contribution in [1.82, 2.24) is 0 Å². The van der Waals surface area contributed by atoms with Crippen LogP contribution in [-0.2, 0) is 10.8 Å². The first-order chi connectivity index (χ1) is 49.5. The smallest absolute Gasteiger partial charge is 0.119 e. The molecule has 0 radical (unpaired) electrons. The molecule has 0 saturated heterocycles. The monoisotopic (exact) mass is 1330 g/mol. The fourth-order valence-corrected chi connectivity index (χ4v) is 17.4. The molecule has 13 aromatic rings. The fourth-order valence-electron chi connectivity index (χ4n) is 16.4. The summed E-state index contributed by atoms with van der Waals surface area (Å²) in [7, 11) is 3.49. The number of para-hydroxylation sites is 2. The third-order valence-corrected chi connectivity index (χ3v) is 22.9. The second kappa shape index (κ2) is 26.8. The van der Waals surface area contributed by atoms with Gasteiger partial charge >= 0.3 is 0 Å². The van der Waals surface area contributed by atoms with Crippen LogP contribution in [0.15, 0.2) is 307 Å². The summed E-state index contributed by atoms with van der Waals surface area (Å²) < 4.78 is 11.9. The number of methoxy groups -OCH3 is 2. The summed E-state index contributed by atoms with van der Waals surface area (Å²) in [4.78, 5) is 12.2. The number of fused-ring (bicyclic) bond motifs is 8. The lowest BCUT2D eigenvalue weighted by atomic mass is 9.73. The minimum Gasteiger partial charge on any atom is -0.497 e. The van der Waals surface area contributed by atoms with Gasteiger partial charge in [0.2, 0.25) is 0 Å². The lowest BCUT2D eigenvalue weighted by molar-refractivity contribution is 0.414. The predicted octanol–water partition coefficient (Wildman–Crippen LogP) is 26.4. The molecule has 0 bridgehead atoms. The Morgan fingerprint density at radius 1 is 0.287 bits per heavy atom. The van der Waals surface area contributed by atoms with Crippen LogP contribution in [0.25, 0.3) is 33.9 Å². The molecule has 0 saturated carbocycles. The first kappa shape index (κ1) is 64.4. The Hall–Kier alpha value is -11.3. The third kappa shape index (κ3) is 11.3. The van der Waals surface area contributed by atoms with E-state index in [1.54, 1.807) is 14.2 Å².